The van der Waals surface area contributed by atoms with Gasteiger partial charge in [0.15, 0.2) is 0 Å². The molecule has 3 unspecified atom stereocenters. The van der Waals surface area contributed by atoms with Crippen LogP contribution in [0, 0.1) is 17.8 Å². The van der Waals surface area contributed by atoms with Crippen LogP contribution in [0.15, 0.2) is 24.3 Å². The maximum absolute atomic E-state index is 5.74. The first kappa shape index (κ1) is 13.9. The van der Waals surface area contributed by atoms with Gasteiger partial charge < -0.3 is 10.1 Å². The van der Waals surface area contributed by atoms with E-state index in [1.165, 1.54) is 24.8 Å². The molecule has 0 spiro atoms. The zero-order chi connectivity index (χ0) is 14.1. The van der Waals surface area contributed by atoms with Crippen LogP contribution < -0.4 is 10.1 Å². The van der Waals surface area contributed by atoms with Crippen LogP contribution in [0.25, 0.3) is 0 Å². The monoisotopic (exact) mass is 273 g/mol. The molecule has 2 heteroatoms. The Balaban J connectivity index is 1.70. The normalized spacial score (nSPS) is 29.3. The summed E-state index contributed by atoms with van der Waals surface area (Å²) in [6.45, 7) is 7.39. The highest BCUT2D eigenvalue weighted by Crippen LogP contribution is 2.57. The Labute approximate surface area is 122 Å². The molecule has 1 N–H and O–H groups in total. The molecule has 2 aliphatic carbocycles. The van der Waals surface area contributed by atoms with Gasteiger partial charge in [-0.1, -0.05) is 19.1 Å². The van der Waals surface area contributed by atoms with Gasteiger partial charge in [-0.05, 0) is 75.1 Å². The van der Waals surface area contributed by atoms with Crippen molar-refractivity contribution in [1.82, 2.24) is 5.32 Å². The van der Waals surface area contributed by atoms with E-state index in [4.69, 9.17) is 4.74 Å². The summed E-state index contributed by atoms with van der Waals surface area (Å²) in [6.07, 6.45) is 4.59. The zero-order valence-electron chi connectivity index (χ0n) is 12.9. The molecule has 0 heterocycles. The van der Waals surface area contributed by atoms with E-state index >= 15 is 0 Å². The molecule has 3 atom stereocenters. The average Bonchev–Trinajstić information content (AvgIpc) is 3.03. The van der Waals surface area contributed by atoms with E-state index in [0.29, 0.717) is 6.04 Å². The molecule has 20 heavy (non-hydrogen) atoms. The summed E-state index contributed by atoms with van der Waals surface area (Å²) in [7, 11) is 0. The van der Waals surface area contributed by atoms with Crippen molar-refractivity contribution in [2.45, 2.75) is 52.2 Å². The molecule has 110 valence electrons. The maximum Gasteiger partial charge on any atom is 0.119 e. The second-order valence-electron chi connectivity index (χ2n) is 6.76. The minimum absolute atomic E-state index is 0.243. The lowest BCUT2D eigenvalue weighted by Crippen LogP contribution is -2.27. The molecule has 3 rings (SSSR count). The van der Waals surface area contributed by atoms with Gasteiger partial charge in [-0.15, -0.1) is 0 Å². The molecule has 2 nitrogen and oxygen atoms in total. The fraction of sp³-hybridized carbons (Fsp3) is 0.667. The summed E-state index contributed by atoms with van der Waals surface area (Å²) < 4.78 is 5.74. The van der Waals surface area contributed by atoms with Gasteiger partial charge in [-0.3, -0.25) is 0 Å². The van der Waals surface area contributed by atoms with Crippen molar-refractivity contribution in [3.05, 3.63) is 29.8 Å². The number of fused-ring (bicyclic) bond motifs is 1. The van der Waals surface area contributed by atoms with E-state index in [2.05, 4.69) is 50.4 Å². The highest BCUT2D eigenvalue weighted by Gasteiger charge is 2.47. The number of benzene rings is 1. The third-order valence-corrected chi connectivity index (χ3v) is 4.79. The number of ether oxygens (including phenoxy) is 1. The van der Waals surface area contributed by atoms with Crippen LogP contribution in [0.2, 0.25) is 0 Å². The molecule has 0 saturated heterocycles. The fourth-order valence-electron chi connectivity index (χ4n) is 3.84. The molecule has 2 fully saturated rings. The summed E-state index contributed by atoms with van der Waals surface area (Å²) >= 11 is 0. The molecular formula is C18H27NO. The number of rotatable bonds is 6. The minimum Gasteiger partial charge on any atom is -0.491 e. The molecular weight excluding hydrogens is 246 g/mol. The van der Waals surface area contributed by atoms with Crippen LogP contribution in [0.4, 0.5) is 0 Å². The molecule has 2 aliphatic rings. The Morgan fingerprint density at radius 3 is 2.30 bits per heavy atom. The standard InChI is InChI=1S/C18H27NO/c1-4-19-18(16-10-14-9-15(14)11-16)13-5-7-17(8-6-13)20-12(2)3/h5-8,12,14-16,18-19H,4,9-11H2,1-3H3. The van der Waals surface area contributed by atoms with E-state index in [0.717, 1.165) is 30.0 Å². The molecule has 0 radical (unpaired) electrons. The number of nitrogens with one attached hydrogen (secondary N) is 1. The molecule has 1 aromatic carbocycles. The van der Waals surface area contributed by atoms with Gasteiger partial charge in [0.1, 0.15) is 5.75 Å². The Bertz CT molecular complexity index is 429. The molecule has 0 aromatic heterocycles. The summed E-state index contributed by atoms with van der Waals surface area (Å²) in [5, 5.41) is 3.70. The smallest absolute Gasteiger partial charge is 0.119 e. The lowest BCUT2D eigenvalue weighted by Gasteiger charge is -2.26. The summed E-state index contributed by atoms with van der Waals surface area (Å²) in [4.78, 5) is 0. The lowest BCUT2D eigenvalue weighted by atomic mass is 9.89. The fourth-order valence-corrected chi connectivity index (χ4v) is 3.84. The van der Waals surface area contributed by atoms with Crippen LogP contribution in [0.1, 0.15) is 51.6 Å². The van der Waals surface area contributed by atoms with E-state index in [1.807, 2.05) is 0 Å². The highest BCUT2D eigenvalue weighted by atomic mass is 16.5. The average molecular weight is 273 g/mol. The summed E-state index contributed by atoms with van der Waals surface area (Å²) in [5.41, 5.74) is 1.43. The highest BCUT2D eigenvalue weighted by molar-refractivity contribution is 5.30. The van der Waals surface area contributed by atoms with Gasteiger partial charge in [-0.25, -0.2) is 0 Å². The molecule has 2 saturated carbocycles. The van der Waals surface area contributed by atoms with Gasteiger partial charge in [-0.2, -0.15) is 0 Å². The summed E-state index contributed by atoms with van der Waals surface area (Å²) in [6, 6.07) is 9.26. The third kappa shape index (κ3) is 3.01. The molecule has 0 amide bonds. The van der Waals surface area contributed by atoms with Gasteiger partial charge in [0.05, 0.1) is 6.10 Å². The van der Waals surface area contributed by atoms with Crippen molar-refractivity contribution in [2.75, 3.05) is 6.54 Å². The van der Waals surface area contributed by atoms with Crippen LogP contribution in [0.5, 0.6) is 5.75 Å². The Morgan fingerprint density at radius 2 is 1.75 bits per heavy atom. The second-order valence-corrected chi connectivity index (χ2v) is 6.76. The summed E-state index contributed by atoms with van der Waals surface area (Å²) in [5.74, 6) is 3.90. The number of hydrogen-bond donors (Lipinski definition) is 1. The minimum atomic E-state index is 0.243. The quantitative estimate of drug-likeness (QED) is 0.840. The van der Waals surface area contributed by atoms with Gasteiger partial charge in [0.2, 0.25) is 0 Å². The Kier molecular flexibility index (Phi) is 4.02. The molecule has 0 aliphatic heterocycles. The first-order chi connectivity index (χ1) is 9.67. The van der Waals surface area contributed by atoms with Crippen LogP contribution in [-0.2, 0) is 0 Å². The predicted octanol–water partition coefficient (Wildman–Crippen LogP) is 4.17. The second kappa shape index (κ2) is 5.77. The maximum atomic E-state index is 5.74. The van der Waals surface area contributed by atoms with E-state index in [1.54, 1.807) is 0 Å². The first-order valence-electron chi connectivity index (χ1n) is 8.17. The van der Waals surface area contributed by atoms with E-state index < -0.39 is 0 Å². The van der Waals surface area contributed by atoms with Gasteiger partial charge in [0, 0.05) is 6.04 Å². The van der Waals surface area contributed by atoms with Crippen LogP contribution >= 0.6 is 0 Å². The molecule has 0 bridgehead atoms. The van der Waals surface area contributed by atoms with E-state index in [-0.39, 0.29) is 6.10 Å². The van der Waals surface area contributed by atoms with Crippen molar-refractivity contribution in [1.29, 1.82) is 0 Å². The Morgan fingerprint density at radius 1 is 1.10 bits per heavy atom. The van der Waals surface area contributed by atoms with E-state index in [9.17, 15) is 0 Å². The van der Waals surface area contributed by atoms with Crippen LogP contribution in [0.3, 0.4) is 0 Å². The zero-order valence-corrected chi connectivity index (χ0v) is 12.9. The SMILES string of the molecule is CCNC(c1ccc(OC(C)C)cc1)C1CC2CC2C1. The van der Waals surface area contributed by atoms with Crippen molar-refractivity contribution < 1.29 is 4.74 Å². The van der Waals surface area contributed by atoms with Gasteiger partial charge >= 0.3 is 0 Å². The number of hydrogen-bond acceptors (Lipinski definition) is 2. The van der Waals surface area contributed by atoms with Crippen LogP contribution in [-0.4, -0.2) is 12.6 Å². The Hall–Kier alpha value is -1.02. The predicted molar refractivity (Wildman–Crippen MR) is 82.9 cm³/mol. The van der Waals surface area contributed by atoms with Crippen molar-refractivity contribution >= 4 is 0 Å². The van der Waals surface area contributed by atoms with Crippen molar-refractivity contribution in [2.24, 2.45) is 17.8 Å². The van der Waals surface area contributed by atoms with Crippen molar-refractivity contribution in [3.63, 3.8) is 0 Å². The van der Waals surface area contributed by atoms with Gasteiger partial charge in [0.25, 0.3) is 0 Å². The molecule has 1 aromatic rings. The lowest BCUT2D eigenvalue weighted by molar-refractivity contribution is 0.242. The first-order valence-corrected chi connectivity index (χ1v) is 8.17. The third-order valence-electron chi connectivity index (χ3n) is 4.79. The topological polar surface area (TPSA) is 21.3 Å². The largest absolute Gasteiger partial charge is 0.491 e. The van der Waals surface area contributed by atoms with Crippen molar-refractivity contribution in [3.8, 4) is 5.75 Å².